The van der Waals surface area contributed by atoms with Crippen LogP contribution >= 0.6 is 0 Å². The van der Waals surface area contributed by atoms with Crippen LogP contribution in [-0.2, 0) is 11.3 Å². The summed E-state index contributed by atoms with van der Waals surface area (Å²) in [6, 6.07) is 4.58. The molecule has 1 aliphatic heterocycles. The number of carbonyl (C=O) groups excluding carboxylic acids is 3. The van der Waals surface area contributed by atoms with Crippen LogP contribution in [0.4, 0.5) is 19.3 Å². The van der Waals surface area contributed by atoms with Gasteiger partial charge in [0.05, 0.1) is 11.9 Å². The first-order valence-electron chi connectivity index (χ1n) is 11.2. The number of hydrogen-bond acceptors (Lipinski definition) is 7. The summed E-state index contributed by atoms with van der Waals surface area (Å²) in [5.74, 6) is -3.89. The summed E-state index contributed by atoms with van der Waals surface area (Å²) in [6.07, 6.45) is -0.360. The van der Waals surface area contributed by atoms with Gasteiger partial charge in [-0.15, -0.1) is 0 Å². The van der Waals surface area contributed by atoms with Crippen molar-refractivity contribution in [3.8, 4) is 0 Å². The summed E-state index contributed by atoms with van der Waals surface area (Å²) in [7, 11) is 0. The Morgan fingerprint density at radius 1 is 1.08 bits per heavy atom. The number of nitrogens with one attached hydrogen (secondary N) is 1. The fourth-order valence-electron chi connectivity index (χ4n) is 3.82. The monoisotopic (exact) mass is 504 g/mol. The molecule has 2 aromatic heterocycles. The molecule has 0 spiro atoms. The maximum Gasteiger partial charge on any atom is 0.410 e. The number of nitrogens with two attached hydrogens (primary N) is 1. The molecule has 3 heterocycles. The van der Waals surface area contributed by atoms with Gasteiger partial charge >= 0.3 is 6.09 Å². The first-order chi connectivity index (χ1) is 16.9. The van der Waals surface area contributed by atoms with Gasteiger partial charge in [0, 0.05) is 32.2 Å². The van der Waals surface area contributed by atoms with Crippen LogP contribution in [0.5, 0.6) is 0 Å². The second kappa shape index (κ2) is 9.61. The zero-order valence-corrected chi connectivity index (χ0v) is 20.0. The second-order valence-corrected chi connectivity index (χ2v) is 9.40. The van der Waals surface area contributed by atoms with Crippen LogP contribution in [0, 0.1) is 11.6 Å². The lowest BCUT2D eigenvalue weighted by atomic mass is 10.2. The third-order valence-corrected chi connectivity index (χ3v) is 5.46. The van der Waals surface area contributed by atoms with Crippen molar-refractivity contribution in [3.63, 3.8) is 0 Å². The van der Waals surface area contributed by atoms with Gasteiger partial charge in [0.15, 0.2) is 17.2 Å². The Morgan fingerprint density at radius 3 is 2.42 bits per heavy atom. The van der Waals surface area contributed by atoms with Crippen molar-refractivity contribution in [1.82, 2.24) is 9.80 Å². The highest BCUT2D eigenvalue weighted by molar-refractivity contribution is 6.13. The summed E-state index contributed by atoms with van der Waals surface area (Å²) in [5.41, 5.74) is 4.06. The van der Waals surface area contributed by atoms with Crippen molar-refractivity contribution in [1.29, 1.82) is 0 Å². The maximum atomic E-state index is 14.1. The van der Waals surface area contributed by atoms with E-state index in [9.17, 15) is 23.2 Å². The van der Waals surface area contributed by atoms with Crippen LogP contribution in [0.1, 0.15) is 47.6 Å². The van der Waals surface area contributed by atoms with E-state index in [0.717, 1.165) is 6.07 Å². The number of ether oxygens (including phenoxy) is 1. The van der Waals surface area contributed by atoms with Gasteiger partial charge < -0.3 is 29.5 Å². The average molecular weight is 504 g/mol. The molecule has 0 radical (unpaired) electrons. The van der Waals surface area contributed by atoms with E-state index in [4.69, 9.17) is 19.3 Å². The minimum atomic E-state index is -1.06. The highest BCUT2D eigenvalue weighted by atomic mass is 19.1. The molecule has 1 aliphatic rings. The van der Waals surface area contributed by atoms with Crippen molar-refractivity contribution >= 4 is 34.6 Å². The number of amides is 3. The summed E-state index contributed by atoms with van der Waals surface area (Å²) >= 11 is 0. The van der Waals surface area contributed by atoms with Gasteiger partial charge in [0.2, 0.25) is 5.76 Å². The molecule has 0 aliphatic carbocycles. The Bertz CT molecular complexity index is 1320. The molecular weight excluding hydrogens is 478 g/mol. The molecule has 0 bridgehead atoms. The van der Waals surface area contributed by atoms with Gasteiger partial charge in [-0.05, 0) is 39.0 Å². The van der Waals surface area contributed by atoms with Crippen LogP contribution in [0.3, 0.4) is 0 Å². The van der Waals surface area contributed by atoms with E-state index in [0.29, 0.717) is 44.6 Å². The van der Waals surface area contributed by atoms with Gasteiger partial charge in [-0.2, -0.15) is 0 Å². The number of primary amides is 1. The van der Waals surface area contributed by atoms with E-state index in [2.05, 4.69) is 10.2 Å². The average Bonchev–Trinajstić information content (AvgIpc) is 3.38. The molecule has 3 N–H and O–H groups in total. The van der Waals surface area contributed by atoms with Gasteiger partial charge in [-0.3, -0.25) is 14.5 Å². The van der Waals surface area contributed by atoms with Crippen molar-refractivity contribution in [2.75, 3.05) is 31.5 Å². The first kappa shape index (κ1) is 25.2. The van der Waals surface area contributed by atoms with Crippen LogP contribution in [-0.4, -0.2) is 59.5 Å². The largest absolute Gasteiger partial charge is 0.455 e. The normalized spacial score (nSPS) is 14.8. The Hall–Kier alpha value is -3.93. The lowest BCUT2D eigenvalue weighted by Gasteiger charge is -2.35. The van der Waals surface area contributed by atoms with Gasteiger partial charge in [0.25, 0.3) is 11.8 Å². The van der Waals surface area contributed by atoms with Gasteiger partial charge in [0.1, 0.15) is 22.9 Å². The number of furan rings is 2. The molecular formula is C24H26F2N4O6. The zero-order chi connectivity index (χ0) is 26.2. The highest BCUT2D eigenvalue weighted by Crippen LogP contribution is 2.33. The van der Waals surface area contributed by atoms with Gasteiger partial charge in [-0.25, -0.2) is 13.6 Å². The van der Waals surface area contributed by atoms with Crippen LogP contribution in [0.15, 0.2) is 33.1 Å². The summed E-state index contributed by atoms with van der Waals surface area (Å²) < 4.78 is 44.0. The molecule has 0 atom stereocenters. The molecule has 10 nitrogen and oxygen atoms in total. The smallest absolute Gasteiger partial charge is 0.410 e. The molecule has 1 aromatic carbocycles. The minimum absolute atomic E-state index is 0.0842. The van der Waals surface area contributed by atoms with E-state index < -0.39 is 40.4 Å². The zero-order valence-electron chi connectivity index (χ0n) is 20.0. The number of benzene rings is 1. The molecule has 12 heteroatoms. The fourth-order valence-corrected chi connectivity index (χ4v) is 3.82. The molecule has 1 fully saturated rings. The first-order valence-corrected chi connectivity index (χ1v) is 11.2. The van der Waals surface area contributed by atoms with Crippen LogP contribution < -0.4 is 11.1 Å². The molecule has 0 unspecified atom stereocenters. The molecule has 1 saturated heterocycles. The van der Waals surface area contributed by atoms with Crippen molar-refractivity contribution in [2.45, 2.75) is 32.9 Å². The number of rotatable bonds is 5. The molecule has 36 heavy (non-hydrogen) atoms. The molecule has 3 amide bonds. The summed E-state index contributed by atoms with van der Waals surface area (Å²) in [4.78, 5) is 40.5. The Balaban J connectivity index is 1.41. The highest BCUT2D eigenvalue weighted by Gasteiger charge is 2.27. The number of nitrogens with zero attached hydrogens (tertiary/aromatic N) is 2. The minimum Gasteiger partial charge on any atom is -0.455 e. The quantitative estimate of drug-likeness (QED) is 0.542. The lowest BCUT2D eigenvalue weighted by molar-refractivity contribution is 0.0134. The number of piperazine rings is 1. The molecule has 0 saturated carbocycles. The summed E-state index contributed by atoms with van der Waals surface area (Å²) in [5, 5.41) is 2.26. The predicted octanol–water partition coefficient (Wildman–Crippen LogP) is 3.71. The summed E-state index contributed by atoms with van der Waals surface area (Å²) in [6.45, 7) is 7.97. The molecule has 4 rings (SSSR count). The SMILES string of the molecule is CC(C)(C)OC(=O)N1CCN(Cc2ccc(C(=O)Nc3c(C(N)=O)oc4c(F)cc(F)cc34)o2)CC1. The van der Waals surface area contributed by atoms with E-state index in [1.54, 1.807) is 11.0 Å². The Morgan fingerprint density at radius 2 is 1.78 bits per heavy atom. The Kier molecular flexibility index (Phi) is 6.72. The van der Waals surface area contributed by atoms with Crippen molar-refractivity contribution in [2.24, 2.45) is 5.73 Å². The number of carbonyl (C=O) groups is 3. The topological polar surface area (TPSA) is 131 Å². The third-order valence-electron chi connectivity index (χ3n) is 5.46. The maximum absolute atomic E-state index is 14.1. The second-order valence-electron chi connectivity index (χ2n) is 9.40. The van der Waals surface area contributed by atoms with Gasteiger partial charge in [-0.1, -0.05) is 0 Å². The lowest BCUT2D eigenvalue weighted by Crippen LogP contribution is -2.49. The van der Waals surface area contributed by atoms with Crippen molar-refractivity contribution < 1.29 is 36.7 Å². The van der Waals surface area contributed by atoms with E-state index >= 15 is 0 Å². The number of hydrogen-bond donors (Lipinski definition) is 2. The van der Waals surface area contributed by atoms with Crippen LogP contribution in [0.2, 0.25) is 0 Å². The van der Waals surface area contributed by atoms with Crippen LogP contribution in [0.25, 0.3) is 11.0 Å². The predicted molar refractivity (Wildman–Crippen MR) is 124 cm³/mol. The number of halogens is 2. The van der Waals surface area contributed by atoms with E-state index in [-0.39, 0.29) is 22.9 Å². The third kappa shape index (κ3) is 5.48. The number of fused-ring (bicyclic) bond motifs is 1. The molecule has 3 aromatic rings. The number of anilines is 1. The van der Waals surface area contributed by atoms with E-state index in [1.165, 1.54) is 6.07 Å². The molecule has 192 valence electrons. The van der Waals surface area contributed by atoms with Crippen molar-refractivity contribution in [3.05, 3.63) is 53.2 Å². The standard InChI is InChI=1S/C24H26F2N4O6/c1-24(2,3)36-23(33)30-8-6-29(7-9-30)12-14-4-5-17(34-14)22(32)28-18-15-10-13(25)11-16(26)19(15)35-20(18)21(27)31/h4-5,10-11H,6-9,12H2,1-3H3,(H2,27,31)(H,28,32). The van der Waals surface area contributed by atoms with E-state index in [1.807, 2.05) is 20.8 Å². The fraction of sp³-hybridized carbons (Fsp3) is 0.375. The Labute approximate surface area is 204 Å².